The highest BCUT2D eigenvalue weighted by Gasteiger charge is 2.17. The van der Waals surface area contributed by atoms with Gasteiger partial charge in [0.15, 0.2) is 11.0 Å². The van der Waals surface area contributed by atoms with E-state index in [-0.39, 0.29) is 17.4 Å². The summed E-state index contributed by atoms with van der Waals surface area (Å²) >= 11 is 6.97. The fourth-order valence-electron chi connectivity index (χ4n) is 2.80. The van der Waals surface area contributed by atoms with E-state index in [0.717, 1.165) is 19.3 Å². The first-order chi connectivity index (χ1) is 13.8. The zero-order chi connectivity index (χ0) is 21.1. The number of carbonyl (C=O) groups excluding carboxylic acids is 1. The number of thioether (sulfide) groups is 1. The van der Waals surface area contributed by atoms with E-state index in [2.05, 4.69) is 73.9 Å². The molecule has 29 heavy (non-hydrogen) atoms. The molecule has 1 amide bonds. The molecule has 0 aliphatic rings. The third-order valence-electron chi connectivity index (χ3n) is 4.28. The van der Waals surface area contributed by atoms with Crippen LogP contribution in [0.3, 0.4) is 0 Å². The Morgan fingerprint density at radius 3 is 2.76 bits per heavy atom. The highest BCUT2D eigenvalue weighted by atomic mass is 127. The Kier molecular flexibility index (Phi) is 7.23. The lowest BCUT2D eigenvalue weighted by molar-refractivity contribution is -0.113. The van der Waals surface area contributed by atoms with Crippen LogP contribution in [-0.4, -0.2) is 31.5 Å². The molecule has 2 N–H and O–H groups in total. The summed E-state index contributed by atoms with van der Waals surface area (Å²) in [5.74, 6) is 1.07. The van der Waals surface area contributed by atoms with Gasteiger partial charge in [0.25, 0.3) is 0 Å². The number of nitrogens with zero attached hydrogens (tertiary/aromatic N) is 3. The van der Waals surface area contributed by atoms with Crippen molar-refractivity contribution in [1.29, 1.82) is 0 Å². The van der Waals surface area contributed by atoms with Crippen molar-refractivity contribution in [3.05, 3.63) is 50.0 Å². The lowest BCUT2D eigenvalue weighted by Gasteiger charge is -2.14. The van der Waals surface area contributed by atoms with E-state index in [0.29, 0.717) is 22.5 Å². The average molecular weight is 587 g/mol. The molecule has 0 unspecified atom stereocenters. The quantitative estimate of drug-likeness (QED) is 0.298. The summed E-state index contributed by atoms with van der Waals surface area (Å²) in [7, 11) is 1.81. The number of carbonyl (C=O) groups is 1. The number of rotatable bonds is 6. The smallest absolute Gasteiger partial charge is 0.234 e. The number of aromatic hydroxyl groups is 1. The number of hydrogen-bond acceptors (Lipinski definition) is 5. The van der Waals surface area contributed by atoms with Gasteiger partial charge in [0.05, 0.1) is 11.3 Å². The van der Waals surface area contributed by atoms with Gasteiger partial charge in [-0.25, -0.2) is 0 Å². The van der Waals surface area contributed by atoms with Crippen molar-refractivity contribution < 1.29 is 9.90 Å². The molecule has 0 radical (unpaired) electrons. The molecule has 0 bridgehead atoms. The number of anilines is 1. The fraction of sp³-hybridized carbons (Fsp3) is 0.250. The Labute approximate surface area is 195 Å². The van der Waals surface area contributed by atoms with Gasteiger partial charge in [-0.15, -0.1) is 10.2 Å². The summed E-state index contributed by atoms with van der Waals surface area (Å²) in [6.45, 7) is 4.21. The summed E-state index contributed by atoms with van der Waals surface area (Å²) in [6.07, 6.45) is 0. The van der Waals surface area contributed by atoms with Crippen molar-refractivity contribution in [2.45, 2.75) is 24.9 Å². The molecule has 0 saturated heterocycles. The van der Waals surface area contributed by atoms with Gasteiger partial charge >= 0.3 is 0 Å². The van der Waals surface area contributed by atoms with E-state index in [1.165, 1.54) is 11.8 Å². The molecule has 152 valence electrons. The molecular formula is C20H20BrIN4O2S. The van der Waals surface area contributed by atoms with Gasteiger partial charge in [-0.3, -0.25) is 4.79 Å². The molecule has 3 rings (SSSR count). The van der Waals surface area contributed by atoms with Gasteiger partial charge in [-0.1, -0.05) is 41.5 Å². The van der Waals surface area contributed by atoms with Crippen molar-refractivity contribution in [1.82, 2.24) is 14.8 Å². The van der Waals surface area contributed by atoms with Gasteiger partial charge in [0, 0.05) is 20.8 Å². The first kappa shape index (κ1) is 22.1. The molecule has 1 heterocycles. The lowest BCUT2D eigenvalue weighted by atomic mass is 10.0. The summed E-state index contributed by atoms with van der Waals surface area (Å²) in [4.78, 5) is 12.5. The molecule has 0 fully saturated rings. The zero-order valence-corrected chi connectivity index (χ0v) is 20.7. The van der Waals surface area contributed by atoms with Gasteiger partial charge in [0.2, 0.25) is 5.91 Å². The Bertz CT molecular complexity index is 1050. The van der Waals surface area contributed by atoms with Gasteiger partial charge in [-0.05, 0) is 70.5 Å². The lowest BCUT2D eigenvalue weighted by Crippen LogP contribution is -2.16. The maximum atomic E-state index is 12.5. The van der Waals surface area contributed by atoms with Crippen LogP contribution < -0.4 is 5.32 Å². The highest BCUT2D eigenvalue weighted by Crippen LogP contribution is 2.32. The number of benzene rings is 2. The number of halogens is 2. The standard InChI is InChI=1S/C20H20BrIN4O2S/c1-11(2)14-9-13(22)5-6-16(14)23-18(28)10-29-20-25-24-19(26(20)3)15-8-12(21)4-7-17(15)27/h4-9,11,27H,10H2,1-3H3,(H,23,28). The van der Waals surface area contributed by atoms with Crippen LogP contribution in [0.5, 0.6) is 5.75 Å². The van der Waals surface area contributed by atoms with Crippen LogP contribution in [0.25, 0.3) is 11.4 Å². The minimum atomic E-state index is -0.104. The summed E-state index contributed by atoms with van der Waals surface area (Å²) in [5.41, 5.74) is 2.52. The number of phenols is 1. The molecule has 2 aromatic carbocycles. The first-order valence-corrected chi connectivity index (χ1v) is 11.7. The van der Waals surface area contributed by atoms with Crippen molar-refractivity contribution >= 4 is 61.9 Å². The first-order valence-electron chi connectivity index (χ1n) is 8.86. The maximum Gasteiger partial charge on any atom is 0.234 e. The van der Waals surface area contributed by atoms with Crippen LogP contribution in [-0.2, 0) is 11.8 Å². The largest absolute Gasteiger partial charge is 0.507 e. The van der Waals surface area contributed by atoms with Gasteiger partial charge < -0.3 is 15.0 Å². The Balaban J connectivity index is 1.71. The van der Waals surface area contributed by atoms with Crippen molar-refractivity contribution in [2.24, 2.45) is 7.05 Å². The molecule has 0 aliphatic carbocycles. The number of hydrogen-bond donors (Lipinski definition) is 2. The number of aromatic nitrogens is 3. The Morgan fingerprint density at radius 2 is 2.03 bits per heavy atom. The van der Waals surface area contributed by atoms with Crippen LogP contribution in [0.2, 0.25) is 0 Å². The van der Waals surface area contributed by atoms with Crippen LogP contribution in [0.15, 0.2) is 46.0 Å². The van der Waals surface area contributed by atoms with E-state index in [1.807, 2.05) is 19.2 Å². The summed E-state index contributed by atoms with van der Waals surface area (Å²) < 4.78 is 3.74. The average Bonchev–Trinajstić information content (AvgIpc) is 3.03. The zero-order valence-electron chi connectivity index (χ0n) is 16.1. The monoisotopic (exact) mass is 586 g/mol. The second-order valence-electron chi connectivity index (χ2n) is 6.75. The summed E-state index contributed by atoms with van der Waals surface area (Å²) in [5, 5.41) is 22.1. The van der Waals surface area contributed by atoms with E-state index >= 15 is 0 Å². The molecule has 0 atom stereocenters. The summed E-state index contributed by atoms with van der Waals surface area (Å²) in [6, 6.07) is 11.1. The van der Waals surface area contributed by atoms with E-state index in [1.54, 1.807) is 22.8 Å². The van der Waals surface area contributed by atoms with Crippen molar-refractivity contribution in [2.75, 3.05) is 11.1 Å². The molecular weight excluding hydrogens is 567 g/mol. The molecule has 6 nitrogen and oxygen atoms in total. The van der Waals surface area contributed by atoms with Crippen LogP contribution >= 0.6 is 50.3 Å². The van der Waals surface area contributed by atoms with E-state index in [9.17, 15) is 9.90 Å². The van der Waals surface area contributed by atoms with Crippen LogP contribution in [0.4, 0.5) is 5.69 Å². The number of nitrogens with one attached hydrogen (secondary N) is 1. The fourth-order valence-corrected chi connectivity index (χ4v) is 4.39. The SMILES string of the molecule is CC(C)c1cc(I)ccc1NC(=O)CSc1nnc(-c2cc(Br)ccc2O)n1C. The van der Waals surface area contributed by atoms with Crippen molar-refractivity contribution in [3.8, 4) is 17.1 Å². The number of amides is 1. The third-order valence-corrected chi connectivity index (χ3v) is 6.46. The van der Waals surface area contributed by atoms with Crippen LogP contribution in [0.1, 0.15) is 25.3 Å². The van der Waals surface area contributed by atoms with Crippen LogP contribution in [0, 0.1) is 3.57 Å². The highest BCUT2D eigenvalue weighted by molar-refractivity contribution is 14.1. The molecule has 1 aromatic heterocycles. The second kappa shape index (κ2) is 9.48. The maximum absolute atomic E-state index is 12.5. The van der Waals surface area contributed by atoms with Gasteiger partial charge in [0.1, 0.15) is 5.75 Å². The predicted octanol–water partition coefficient (Wildman–Crippen LogP) is 5.41. The Morgan fingerprint density at radius 1 is 1.28 bits per heavy atom. The van der Waals surface area contributed by atoms with Gasteiger partial charge in [-0.2, -0.15) is 0 Å². The third kappa shape index (κ3) is 5.32. The Hall–Kier alpha value is -1.59. The number of phenolic OH excluding ortho intramolecular Hbond substituents is 1. The minimum Gasteiger partial charge on any atom is -0.507 e. The molecule has 9 heteroatoms. The van der Waals surface area contributed by atoms with Crippen molar-refractivity contribution in [3.63, 3.8) is 0 Å². The normalized spacial score (nSPS) is 11.1. The molecule has 0 saturated carbocycles. The molecule has 3 aromatic rings. The second-order valence-corrected chi connectivity index (χ2v) is 9.85. The topological polar surface area (TPSA) is 80.0 Å². The van der Waals surface area contributed by atoms with E-state index in [4.69, 9.17) is 0 Å². The molecule has 0 aliphatic heterocycles. The minimum absolute atomic E-state index is 0.104. The predicted molar refractivity (Wildman–Crippen MR) is 128 cm³/mol. The molecule has 0 spiro atoms. The van der Waals surface area contributed by atoms with E-state index < -0.39 is 0 Å².